The molecule has 2 heterocycles. The standard InChI is InChI=1S/C17H13F2NO2S/c18-13-6-5-11(9-14(13)19)17(21)20-10-12(15-3-1-7-22-15)16-4-2-8-23-16/h1-9,12H,10H2,(H,20,21). The summed E-state index contributed by atoms with van der Waals surface area (Å²) >= 11 is 1.56. The van der Waals surface area contributed by atoms with Crippen molar-refractivity contribution in [3.8, 4) is 0 Å². The predicted octanol–water partition coefficient (Wildman–Crippen LogP) is 4.18. The molecule has 1 amide bonds. The van der Waals surface area contributed by atoms with Crippen molar-refractivity contribution < 1.29 is 18.0 Å². The molecule has 0 saturated carbocycles. The molecule has 118 valence electrons. The largest absolute Gasteiger partial charge is 0.469 e. The molecule has 2 aromatic heterocycles. The highest BCUT2D eigenvalue weighted by atomic mass is 32.1. The Hall–Kier alpha value is -2.47. The number of halogens is 2. The number of carbonyl (C=O) groups excluding carboxylic acids is 1. The third kappa shape index (κ3) is 3.48. The van der Waals surface area contributed by atoms with Crippen LogP contribution in [0.4, 0.5) is 8.78 Å². The Kier molecular flexibility index (Phi) is 4.52. The maximum Gasteiger partial charge on any atom is 0.251 e. The van der Waals surface area contributed by atoms with Crippen LogP contribution in [0.25, 0.3) is 0 Å². The summed E-state index contributed by atoms with van der Waals surface area (Å²) in [6, 6.07) is 10.6. The number of hydrogen-bond acceptors (Lipinski definition) is 3. The molecule has 1 atom stereocenters. The molecule has 1 N–H and O–H groups in total. The van der Waals surface area contributed by atoms with Gasteiger partial charge in [0.2, 0.25) is 0 Å². The van der Waals surface area contributed by atoms with E-state index >= 15 is 0 Å². The topological polar surface area (TPSA) is 42.2 Å². The molecule has 3 rings (SSSR count). The summed E-state index contributed by atoms with van der Waals surface area (Å²) in [5.74, 6) is -1.87. The van der Waals surface area contributed by atoms with Crippen LogP contribution >= 0.6 is 11.3 Å². The normalized spacial score (nSPS) is 12.1. The number of rotatable bonds is 5. The number of carbonyl (C=O) groups is 1. The molecule has 0 aliphatic rings. The maximum absolute atomic E-state index is 13.2. The third-order valence-corrected chi connectivity index (χ3v) is 4.41. The molecular weight excluding hydrogens is 320 g/mol. The van der Waals surface area contributed by atoms with E-state index in [0.717, 1.165) is 22.8 Å². The lowest BCUT2D eigenvalue weighted by Gasteiger charge is -2.14. The van der Waals surface area contributed by atoms with Crippen molar-refractivity contribution in [3.05, 3.63) is 81.9 Å². The molecule has 1 aromatic carbocycles. The zero-order chi connectivity index (χ0) is 16.2. The first-order valence-electron chi connectivity index (χ1n) is 6.95. The minimum Gasteiger partial charge on any atom is -0.469 e. The lowest BCUT2D eigenvalue weighted by Crippen LogP contribution is -2.28. The van der Waals surface area contributed by atoms with Crippen LogP contribution in [-0.2, 0) is 0 Å². The molecule has 0 bridgehead atoms. The van der Waals surface area contributed by atoms with Crippen molar-refractivity contribution in [2.75, 3.05) is 6.54 Å². The Morgan fingerprint density at radius 2 is 2.04 bits per heavy atom. The van der Waals surface area contributed by atoms with Gasteiger partial charge in [-0.05, 0) is 41.8 Å². The number of thiophene rings is 1. The quantitative estimate of drug-likeness (QED) is 0.761. The van der Waals surface area contributed by atoms with Crippen LogP contribution in [-0.4, -0.2) is 12.5 Å². The smallest absolute Gasteiger partial charge is 0.251 e. The van der Waals surface area contributed by atoms with Gasteiger partial charge in [0.05, 0.1) is 12.2 Å². The second-order valence-electron chi connectivity index (χ2n) is 4.92. The fourth-order valence-corrected chi connectivity index (χ4v) is 3.09. The van der Waals surface area contributed by atoms with Crippen LogP contribution in [0, 0.1) is 11.6 Å². The minimum absolute atomic E-state index is 0.0771. The average Bonchev–Trinajstić information content (AvgIpc) is 3.24. The van der Waals surface area contributed by atoms with Crippen molar-refractivity contribution in [1.82, 2.24) is 5.32 Å². The van der Waals surface area contributed by atoms with Crippen molar-refractivity contribution in [2.24, 2.45) is 0 Å². The van der Waals surface area contributed by atoms with Crippen LogP contribution in [0.3, 0.4) is 0 Å². The zero-order valence-corrected chi connectivity index (χ0v) is 12.8. The molecule has 0 spiro atoms. The number of benzene rings is 1. The Balaban J connectivity index is 1.74. The first kappa shape index (κ1) is 15.4. The van der Waals surface area contributed by atoms with E-state index < -0.39 is 17.5 Å². The summed E-state index contributed by atoms with van der Waals surface area (Å²) in [6.07, 6.45) is 1.58. The average molecular weight is 333 g/mol. The highest BCUT2D eigenvalue weighted by molar-refractivity contribution is 7.10. The van der Waals surface area contributed by atoms with Crippen LogP contribution < -0.4 is 5.32 Å². The van der Waals surface area contributed by atoms with Crippen LogP contribution in [0.2, 0.25) is 0 Å². The van der Waals surface area contributed by atoms with Crippen molar-refractivity contribution in [2.45, 2.75) is 5.92 Å². The van der Waals surface area contributed by atoms with Gasteiger partial charge in [0.25, 0.3) is 5.91 Å². The minimum atomic E-state index is -1.04. The Labute approximate surface area is 135 Å². The highest BCUT2D eigenvalue weighted by Gasteiger charge is 2.19. The highest BCUT2D eigenvalue weighted by Crippen LogP contribution is 2.28. The summed E-state index contributed by atoms with van der Waals surface area (Å²) in [7, 11) is 0. The Bertz CT molecular complexity index is 751. The van der Waals surface area contributed by atoms with Gasteiger partial charge in [-0.25, -0.2) is 8.78 Å². The Morgan fingerprint density at radius 3 is 2.70 bits per heavy atom. The van der Waals surface area contributed by atoms with Gasteiger partial charge in [-0.1, -0.05) is 6.07 Å². The fourth-order valence-electron chi connectivity index (χ4n) is 2.25. The molecule has 0 radical (unpaired) electrons. The van der Waals surface area contributed by atoms with Gasteiger partial charge in [-0.2, -0.15) is 0 Å². The third-order valence-electron chi connectivity index (χ3n) is 3.42. The van der Waals surface area contributed by atoms with E-state index in [-0.39, 0.29) is 11.5 Å². The van der Waals surface area contributed by atoms with E-state index in [2.05, 4.69) is 5.32 Å². The van der Waals surface area contributed by atoms with Gasteiger partial charge < -0.3 is 9.73 Å². The summed E-state index contributed by atoms with van der Waals surface area (Å²) in [5.41, 5.74) is 0.0771. The SMILES string of the molecule is O=C(NCC(c1ccco1)c1cccs1)c1ccc(F)c(F)c1. The van der Waals surface area contributed by atoms with Crippen molar-refractivity contribution in [1.29, 1.82) is 0 Å². The van der Waals surface area contributed by atoms with Crippen LogP contribution in [0.15, 0.2) is 58.5 Å². The van der Waals surface area contributed by atoms with Crippen LogP contribution in [0.1, 0.15) is 26.9 Å². The lowest BCUT2D eigenvalue weighted by atomic mass is 10.0. The summed E-state index contributed by atoms with van der Waals surface area (Å²) < 4.78 is 31.6. The van der Waals surface area contributed by atoms with E-state index in [4.69, 9.17) is 4.42 Å². The van der Waals surface area contributed by atoms with Crippen molar-refractivity contribution >= 4 is 17.2 Å². The van der Waals surface area contributed by atoms with Crippen LogP contribution in [0.5, 0.6) is 0 Å². The van der Waals surface area contributed by atoms with Gasteiger partial charge in [0, 0.05) is 17.0 Å². The Morgan fingerprint density at radius 1 is 1.17 bits per heavy atom. The molecule has 0 aliphatic carbocycles. The lowest BCUT2D eigenvalue weighted by molar-refractivity contribution is 0.0951. The first-order chi connectivity index (χ1) is 11.1. The molecule has 23 heavy (non-hydrogen) atoms. The molecule has 3 aromatic rings. The van der Waals surface area contributed by atoms with E-state index in [9.17, 15) is 13.6 Å². The molecule has 0 aliphatic heterocycles. The fraction of sp³-hybridized carbons (Fsp3) is 0.118. The molecule has 3 nitrogen and oxygen atoms in total. The van der Waals surface area contributed by atoms with Gasteiger partial charge in [0.15, 0.2) is 11.6 Å². The summed E-state index contributed by atoms with van der Waals surface area (Å²) in [6.45, 7) is 0.297. The molecule has 6 heteroatoms. The number of furan rings is 1. The second kappa shape index (κ2) is 6.75. The monoisotopic (exact) mass is 333 g/mol. The number of nitrogens with one attached hydrogen (secondary N) is 1. The van der Waals surface area contributed by atoms with E-state index in [1.165, 1.54) is 6.07 Å². The van der Waals surface area contributed by atoms with Gasteiger partial charge in [0.1, 0.15) is 5.76 Å². The molecular formula is C17H13F2NO2S. The van der Waals surface area contributed by atoms with E-state index in [1.54, 1.807) is 23.7 Å². The van der Waals surface area contributed by atoms with E-state index in [1.807, 2.05) is 23.6 Å². The maximum atomic E-state index is 13.2. The van der Waals surface area contributed by atoms with E-state index in [0.29, 0.717) is 6.54 Å². The van der Waals surface area contributed by atoms with Gasteiger partial charge >= 0.3 is 0 Å². The summed E-state index contributed by atoms with van der Waals surface area (Å²) in [4.78, 5) is 13.2. The first-order valence-corrected chi connectivity index (χ1v) is 7.83. The summed E-state index contributed by atoms with van der Waals surface area (Å²) in [5, 5.41) is 4.69. The predicted molar refractivity (Wildman–Crippen MR) is 83.6 cm³/mol. The van der Waals surface area contributed by atoms with Gasteiger partial charge in [-0.15, -0.1) is 11.3 Å². The molecule has 0 saturated heterocycles. The second-order valence-corrected chi connectivity index (χ2v) is 5.90. The number of hydrogen-bond donors (Lipinski definition) is 1. The van der Waals surface area contributed by atoms with Crippen molar-refractivity contribution in [3.63, 3.8) is 0 Å². The van der Waals surface area contributed by atoms with Gasteiger partial charge in [-0.3, -0.25) is 4.79 Å². The number of amides is 1. The molecule has 1 unspecified atom stereocenters. The zero-order valence-electron chi connectivity index (χ0n) is 12.0. The molecule has 0 fully saturated rings.